The topological polar surface area (TPSA) is 87.7 Å². The van der Waals surface area contributed by atoms with Crippen LogP contribution >= 0.6 is 0 Å². The highest BCUT2D eigenvalue weighted by Gasteiger charge is 2.38. The first-order chi connectivity index (χ1) is 18.0. The van der Waals surface area contributed by atoms with Crippen molar-refractivity contribution in [2.45, 2.75) is 130 Å². The molecule has 0 spiro atoms. The molecule has 1 saturated carbocycles. The van der Waals surface area contributed by atoms with Crippen LogP contribution in [0.25, 0.3) is 0 Å². The monoisotopic (exact) mass is 529 g/mol. The van der Waals surface area contributed by atoms with Crippen molar-refractivity contribution in [3.63, 3.8) is 0 Å². The number of ether oxygens (including phenoxy) is 1. The molecule has 1 aliphatic rings. The van der Waals surface area contributed by atoms with E-state index in [2.05, 4.69) is 24.5 Å². The lowest BCUT2D eigenvalue weighted by Crippen LogP contribution is -2.55. The molecule has 0 bridgehead atoms. The van der Waals surface area contributed by atoms with Crippen molar-refractivity contribution >= 4 is 17.9 Å². The van der Waals surface area contributed by atoms with E-state index in [1.807, 2.05) is 38.1 Å². The predicted octanol–water partition coefficient (Wildman–Crippen LogP) is 6.31. The van der Waals surface area contributed by atoms with Crippen LogP contribution in [0.4, 0.5) is 4.79 Å². The van der Waals surface area contributed by atoms with Gasteiger partial charge >= 0.3 is 6.09 Å². The highest BCUT2D eigenvalue weighted by atomic mass is 16.6. The number of hydrogen-bond donors (Lipinski definition) is 2. The number of alkyl carbamates (subject to hydrolysis) is 1. The van der Waals surface area contributed by atoms with Gasteiger partial charge in [0, 0.05) is 12.6 Å². The standard InChI is InChI=1S/C31H51N3O4/c1-8-10-14-21-34(29(36)26(22(3)4)33-30(37)38-31(5,6)7)27(24-19-17-23(9-2)18-20-24)28(35)32-25-15-12-11-13-16-25/h17-20,22,25-27H,8-16,21H2,1-7H3,(H,32,35)(H,33,37). The molecule has 1 fully saturated rings. The van der Waals surface area contributed by atoms with Gasteiger partial charge in [0.15, 0.2) is 0 Å². The van der Waals surface area contributed by atoms with Gasteiger partial charge < -0.3 is 20.3 Å². The highest BCUT2D eigenvalue weighted by Crippen LogP contribution is 2.27. The molecule has 1 aromatic rings. The Hall–Kier alpha value is -2.57. The Morgan fingerprint density at radius 3 is 2.16 bits per heavy atom. The molecule has 1 aromatic carbocycles. The van der Waals surface area contributed by atoms with Gasteiger partial charge in [0.05, 0.1) is 0 Å². The molecule has 0 aromatic heterocycles. The molecule has 0 heterocycles. The number of aryl methyl sites for hydroxylation is 1. The zero-order valence-electron chi connectivity index (χ0n) is 24.8. The van der Waals surface area contributed by atoms with E-state index < -0.39 is 23.8 Å². The minimum absolute atomic E-state index is 0.127. The van der Waals surface area contributed by atoms with Crippen molar-refractivity contribution in [1.29, 1.82) is 0 Å². The van der Waals surface area contributed by atoms with Gasteiger partial charge in [0.2, 0.25) is 11.8 Å². The Kier molecular flexibility index (Phi) is 12.6. The molecule has 2 unspecified atom stereocenters. The van der Waals surface area contributed by atoms with Gasteiger partial charge in [-0.25, -0.2) is 4.79 Å². The number of nitrogens with zero attached hydrogens (tertiary/aromatic N) is 1. The number of benzene rings is 1. The Labute approximate surface area is 230 Å². The zero-order valence-corrected chi connectivity index (χ0v) is 24.8. The third-order valence-electron chi connectivity index (χ3n) is 7.11. The Morgan fingerprint density at radius 1 is 1.00 bits per heavy atom. The van der Waals surface area contributed by atoms with Gasteiger partial charge in [-0.05, 0) is 63.5 Å². The summed E-state index contributed by atoms with van der Waals surface area (Å²) in [5, 5.41) is 6.07. The van der Waals surface area contributed by atoms with Crippen molar-refractivity contribution < 1.29 is 19.1 Å². The summed E-state index contributed by atoms with van der Waals surface area (Å²) < 4.78 is 5.47. The fourth-order valence-electron chi connectivity index (χ4n) is 4.96. The molecular weight excluding hydrogens is 478 g/mol. The summed E-state index contributed by atoms with van der Waals surface area (Å²) in [5.74, 6) is -0.593. The van der Waals surface area contributed by atoms with Crippen molar-refractivity contribution in [2.24, 2.45) is 5.92 Å². The van der Waals surface area contributed by atoms with E-state index in [1.165, 1.54) is 12.0 Å². The van der Waals surface area contributed by atoms with Gasteiger partial charge in [0.25, 0.3) is 0 Å². The maximum atomic E-state index is 14.2. The summed E-state index contributed by atoms with van der Waals surface area (Å²) >= 11 is 0. The van der Waals surface area contributed by atoms with Gasteiger partial charge in [-0.15, -0.1) is 0 Å². The van der Waals surface area contributed by atoms with Gasteiger partial charge in [0.1, 0.15) is 17.7 Å². The maximum absolute atomic E-state index is 14.2. The maximum Gasteiger partial charge on any atom is 0.408 e. The Bertz CT molecular complexity index is 885. The zero-order chi connectivity index (χ0) is 28.3. The number of amides is 3. The molecule has 0 radical (unpaired) electrons. The lowest BCUT2D eigenvalue weighted by atomic mass is 9.94. The average Bonchev–Trinajstić information content (AvgIpc) is 2.86. The molecule has 7 heteroatoms. The van der Waals surface area contributed by atoms with Crippen molar-refractivity contribution in [3.05, 3.63) is 35.4 Å². The average molecular weight is 530 g/mol. The van der Waals surface area contributed by atoms with Gasteiger partial charge in [-0.2, -0.15) is 0 Å². The lowest BCUT2D eigenvalue weighted by molar-refractivity contribution is -0.143. The van der Waals surface area contributed by atoms with Crippen LogP contribution in [0.15, 0.2) is 24.3 Å². The molecule has 7 nitrogen and oxygen atoms in total. The molecule has 0 saturated heterocycles. The van der Waals surface area contributed by atoms with Crippen LogP contribution in [0.1, 0.15) is 117 Å². The van der Waals surface area contributed by atoms with Crippen LogP contribution in [-0.2, 0) is 20.7 Å². The number of carbonyl (C=O) groups excluding carboxylic acids is 3. The largest absolute Gasteiger partial charge is 0.444 e. The van der Waals surface area contributed by atoms with E-state index >= 15 is 0 Å². The smallest absolute Gasteiger partial charge is 0.408 e. The van der Waals surface area contributed by atoms with Crippen LogP contribution < -0.4 is 10.6 Å². The summed E-state index contributed by atoms with van der Waals surface area (Å²) in [5.41, 5.74) is 1.29. The lowest BCUT2D eigenvalue weighted by Gasteiger charge is -2.36. The molecule has 2 rings (SSSR count). The van der Waals surface area contributed by atoms with E-state index in [9.17, 15) is 14.4 Å². The molecule has 2 atom stereocenters. The van der Waals surface area contributed by atoms with E-state index in [0.717, 1.165) is 56.9 Å². The minimum atomic E-state index is -0.814. The van der Waals surface area contributed by atoms with Crippen LogP contribution in [0.5, 0.6) is 0 Å². The number of rotatable bonds is 12. The molecule has 3 amide bonds. The van der Waals surface area contributed by atoms with E-state index in [-0.39, 0.29) is 23.8 Å². The Balaban J connectivity index is 2.45. The predicted molar refractivity (Wildman–Crippen MR) is 153 cm³/mol. The van der Waals surface area contributed by atoms with Gasteiger partial charge in [-0.3, -0.25) is 9.59 Å². The number of unbranched alkanes of at least 4 members (excludes halogenated alkanes) is 2. The first-order valence-corrected chi connectivity index (χ1v) is 14.7. The summed E-state index contributed by atoms with van der Waals surface area (Å²) in [6.07, 6.45) is 8.32. The third kappa shape index (κ3) is 9.95. The molecule has 2 N–H and O–H groups in total. The summed E-state index contributed by atoms with van der Waals surface area (Å²) in [6.45, 7) is 13.8. The van der Waals surface area contributed by atoms with Crippen LogP contribution in [0.3, 0.4) is 0 Å². The summed E-state index contributed by atoms with van der Waals surface area (Å²) in [7, 11) is 0. The van der Waals surface area contributed by atoms with Crippen molar-refractivity contribution in [1.82, 2.24) is 15.5 Å². The van der Waals surface area contributed by atoms with Crippen LogP contribution in [0, 0.1) is 5.92 Å². The normalized spacial score (nSPS) is 16.0. The minimum Gasteiger partial charge on any atom is -0.444 e. The SMILES string of the molecule is CCCCCN(C(=O)C(NC(=O)OC(C)(C)C)C(C)C)C(C(=O)NC1CCCCC1)c1ccc(CC)cc1. The van der Waals surface area contributed by atoms with Crippen molar-refractivity contribution in [2.75, 3.05) is 6.54 Å². The first-order valence-electron chi connectivity index (χ1n) is 14.7. The molecule has 1 aliphatic carbocycles. The Morgan fingerprint density at radius 2 is 1.63 bits per heavy atom. The highest BCUT2D eigenvalue weighted by molar-refractivity contribution is 5.92. The molecular formula is C31H51N3O4. The fourth-order valence-corrected chi connectivity index (χ4v) is 4.96. The molecule has 214 valence electrons. The second kappa shape index (κ2) is 15.1. The van der Waals surface area contributed by atoms with E-state index in [0.29, 0.717) is 6.54 Å². The number of nitrogens with one attached hydrogen (secondary N) is 2. The molecule has 0 aliphatic heterocycles. The fraction of sp³-hybridized carbons (Fsp3) is 0.710. The second-order valence-corrected chi connectivity index (χ2v) is 11.9. The van der Waals surface area contributed by atoms with Gasteiger partial charge in [-0.1, -0.05) is 84.1 Å². The summed E-state index contributed by atoms with van der Waals surface area (Å²) in [6, 6.07) is 6.54. The van der Waals surface area contributed by atoms with E-state index in [4.69, 9.17) is 4.74 Å². The first kappa shape index (κ1) is 31.6. The molecule has 38 heavy (non-hydrogen) atoms. The number of carbonyl (C=O) groups is 3. The van der Waals surface area contributed by atoms with Crippen molar-refractivity contribution in [3.8, 4) is 0 Å². The second-order valence-electron chi connectivity index (χ2n) is 11.9. The van der Waals surface area contributed by atoms with Crippen LogP contribution in [0.2, 0.25) is 0 Å². The number of hydrogen-bond acceptors (Lipinski definition) is 4. The van der Waals surface area contributed by atoms with E-state index in [1.54, 1.807) is 25.7 Å². The third-order valence-corrected chi connectivity index (χ3v) is 7.11. The summed E-state index contributed by atoms with van der Waals surface area (Å²) in [4.78, 5) is 42.5. The quantitative estimate of drug-likeness (QED) is 0.311. The van der Waals surface area contributed by atoms with Crippen LogP contribution in [-0.4, -0.2) is 47.0 Å².